The fourth-order valence-corrected chi connectivity index (χ4v) is 2.43. The van der Waals surface area contributed by atoms with Crippen LogP contribution in [0.2, 0.25) is 5.02 Å². The number of hydrogen-bond acceptors (Lipinski definition) is 3. The number of benzene rings is 1. The summed E-state index contributed by atoms with van der Waals surface area (Å²) in [5, 5.41) is 11.4. The van der Waals surface area contributed by atoms with Gasteiger partial charge in [0, 0.05) is 30.2 Å². The smallest absolute Gasteiger partial charge is 0.269 e. The first-order valence-electron chi connectivity index (χ1n) is 6.75. The minimum Gasteiger partial charge on any atom is -0.299 e. The monoisotopic (exact) mass is 282 g/mol. The zero-order chi connectivity index (χ0) is 13.8. The van der Waals surface area contributed by atoms with Crippen molar-refractivity contribution < 1.29 is 4.92 Å². The van der Waals surface area contributed by atoms with Crippen molar-refractivity contribution in [3.8, 4) is 0 Å². The van der Waals surface area contributed by atoms with Gasteiger partial charge in [0.1, 0.15) is 0 Å². The van der Waals surface area contributed by atoms with Gasteiger partial charge >= 0.3 is 0 Å². The highest BCUT2D eigenvalue weighted by Gasteiger charge is 2.24. The molecule has 0 N–H and O–H groups in total. The number of halogens is 1. The molecule has 0 spiro atoms. The molecular formula is C14H19ClN2O2. The van der Waals surface area contributed by atoms with Crippen molar-refractivity contribution in [1.82, 2.24) is 4.90 Å². The third kappa shape index (κ3) is 4.18. The summed E-state index contributed by atoms with van der Waals surface area (Å²) in [5.74, 6) is 0.809. The van der Waals surface area contributed by atoms with E-state index in [2.05, 4.69) is 11.8 Å². The third-order valence-corrected chi connectivity index (χ3v) is 3.76. The molecule has 1 fully saturated rings. The van der Waals surface area contributed by atoms with Crippen LogP contribution in [0.25, 0.3) is 0 Å². The molecule has 0 bridgehead atoms. The summed E-state index contributed by atoms with van der Waals surface area (Å²) in [4.78, 5) is 12.8. The van der Waals surface area contributed by atoms with Gasteiger partial charge in [-0.3, -0.25) is 15.0 Å². The van der Waals surface area contributed by atoms with Gasteiger partial charge in [-0.1, -0.05) is 18.5 Å². The zero-order valence-electron chi connectivity index (χ0n) is 11.1. The van der Waals surface area contributed by atoms with E-state index in [-0.39, 0.29) is 10.6 Å². The molecule has 0 amide bonds. The first-order chi connectivity index (χ1) is 9.10. The van der Waals surface area contributed by atoms with Crippen LogP contribution in [0, 0.1) is 16.0 Å². The Morgan fingerprint density at radius 3 is 2.79 bits per heavy atom. The van der Waals surface area contributed by atoms with Gasteiger partial charge in [0.2, 0.25) is 0 Å². The van der Waals surface area contributed by atoms with E-state index in [1.165, 1.54) is 18.9 Å². The molecule has 104 valence electrons. The van der Waals surface area contributed by atoms with Crippen molar-refractivity contribution in [2.24, 2.45) is 5.92 Å². The molecule has 0 aromatic heterocycles. The fourth-order valence-electron chi connectivity index (χ4n) is 2.25. The van der Waals surface area contributed by atoms with Gasteiger partial charge in [0.15, 0.2) is 0 Å². The second kappa shape index (κ2) is 6.35. The SMILES string of the molecule is CCCN(Cc1cc([N+](=O)[O-])ccc1Cl)CC1CC1. The number of hydrogen-bond donors (Lipinski definition) is 0. The molecule has 19 heavy (non-hydrogen) atoms. The van der Waals surface area contributed by atoms with Gasteiger partial charge in [0.25, 0.3) is 5.69 Å². The van der Waals surface area contributed by atoms with E-state index in [4.69, 9.17) is 11.6 Å². The highest BCUT2D eigenvalue weighted by atomic mass is 35.5. The quantitative estimate of drug-likeness (QED) is 0.563. The second-order valence-electron chi connectivity index (χ2n) is 5.21. The Morgan fingerprint density at radius 1 is 1.47 bits per heavy atom. The molecule has 1 aromatic rings. The molecule has 5 heteroatoms. The van der Waals surface area contributed by atoms with Crippen molar-refractivity contribution in [2.75, 3.05) is 13.1 Å². The van der Waals surface area contributed by atoms with Crippen LogP contribution in [0.1, 0.15) is 31.7 Å². The Kier molecular flexibility index (Phi) is 4.77. The van der Waals surface area contributed by atoms with Gasteiger partial charge in [-0.25, -0.2) is 0 Å². The van der Waals surface area contributed by atoms with Crippen LogP contribution in [0.3, 0.4) is 0 Å². The van der Waals surface area contributed by atoms with Crippen molar-refractivity contribution in [2.45, 2.75) is 32.7 Å². The lowest BCUT2D eigenvalue weighted by Crippen LogP contribution is -2.26. The summed E-state index contributed by atoms with van der Waals surface area (Å²) < 4.78 is 0. The van der Waals surface area contributed by atoms with Crippen LogP contribution in [0.5, 0.6) is 0 Å². The molecule has 2 rings (SSSR count). The van der Waals surface area contributed by atoms with Gasteiger partial charge in [0.05, 0.1) is 4.92 Å². The molecule has 0 heterocycles. The molecule has 0 radical (unpaired) electrons. The van der Waals surface area contributed by atoms with E-state index in [0.29, 0.717) is 11.6 Å². The van der Waals surface area contributed by atoms with E-state index in [0.717, 1.165) is 31.0 Å². The average Bonchev–Trinajstić information content (AvgIpc) is 3.16. The normalized spacial score (nSPS) is 14.9. The number of nitro benzene ring substituents is 1. The molecule has 1 aromatic carbocycles. The van der Waals surface area contributed by atoms with Crippen LogP contribution in [0.15, 0.2) is 18.2 Å². The maximum absolute atomic E-state index is 10.8. The van der Waals surface area contributed by atoms with E-state index in [1.54, 1.807) is 12.1 Å². The Labute approximate surface area is 118 Å². The van der Waals surface area contributed by atoms with E-state index in [1.807, 2.05) is 0 Å². The van der Waals surface area contributed by atoms with E-state index in [9.17, 15) is 10.1 Å². The average molecular weight is 283 g/mol. The highest BCUT2D eigenvalue weighted by Crippen LogP contribution is 2.31. The molecule has 4 nitrogen and oxygen atoms in total. The highest BCUT2D eigenvalue weighted by molar-refractivity contribution is 6.31. The Hall–Kier alpha value is -1.13. The predicted molar refractivity (Wildman–Crippen MR) is 76.4 cm³/mol. The Bertz CT molecular complexity index is 461. The van der Waals surface area contributed by atoms with Gasteiger partial charge < -0.3 is 0 Å². The van der Waals surface area contributed by atoms with Crippen LogP contribution >= 0.6 is 11.6 Å². The lowest BCUT2D eigenvalue weighted by molar-refractivity contribution is -0.384. The molecule has 1 saturated carbocycles. The van der Waals surface area contributed by atoms with Gasteiger partial charge in [-0.2, -0.15) is 0 Å². The lowest BCUT2D eigenvalue weighted by atomic mass is 10.1. The Balaban J connectivity index is 2.09. The van der Waals surface area contributed by atoms with E-state index < -0.39 is 0 Å². The lowest BCUT2D eigenvalue weighted by Gasteiger charge is -2.22. The maximum atomic E-state index is 10.8. The van der Waals surface area contributed by atoms with Crippen LogP contribution in [0.4, 0.5) is 5.69 Å². The second-order valence-corrected chi connectivity index (χ2v) is 5.62. The largest absolute Gasteiger partial charge is 0.299 e. The number of nitro groups is 1. The minimum absolute atomic E-state index is 0.113. The summed E-state index contributed by atoms with van der Waals surface area (Å²) >= 11 is 6.15. The fraction of sp³-hybridized carbons (Fsp3) is 0.571. The van der Waals surface area contributed by atoms with Crippen LogP contribution < -0.4 is 0 Å². The van der Waals surface area contributed by atoms with E-state index >= 15 is 0 Å². The van der Waals surface area contributed by atoms with Crippen LogP contribution in [-0.2, 0) is 6.54 Å². The first kappa shape index (κ1) is 14.3. The summed E-state index contributed by atoms with van der Waals surface area (Å²) in [6.07, 6.45) is 3.70. The zero-order valence-corrected chi connectivity index (χ0v) is 11.9. The number of nitrogens with zero attached hydrogens (tertiary/aromatic N) is 2. The molecule has 1 aliphatic rings. The van der Waals surface area contributed by atoms with Crippen LogP contribution in [-0.4, -0.2) is 22.9 Å². The summed E-state index contributed by atoms with van der Waals surface area (Å²) in [5.41, 5.74) is 0.965. The Morgan fingerprint density at radius 2 is 2.21 bits per heavy atom. The summed E-state index contributed by atoms with van der Waals surface area (Å²) in [6, 6.07) is 4.67. The number of rotatable bonds is 7. The minimum atomic E-state index is -0.370. The summed E-state index contributed by atoms with van der Waals surface area (Å²) in [6.45, 7) is 4.93. The van der Waals surface area contributed by atoms with Gasteiger partial charge in [-0.05, 0) is 43.4 Å². The molecule has 0 atom stereocenters. The van der Waals surface area contributed by atoms with Crippen molar-refractivity contribution in [3.05, 3.63) is 38.9 Å². The maximum Gasteiger partial charge on any atom is 0.269 e. The topological polar surface area (TPSA) is 46.4 Å². The molecular weight excluding hydrogens is 264 g/mol. The van der Waals surface area contributed by atoms with Crippen molar-refractivity contribution >= 4 is 17.3 Å². The third-order valence-electron chi connectivity index (χ3n) is 3.39. The summed E-state index contributed by atoms with van der Waals surface area (Å²) in [7, 11) is 0. The molecule has 1 aliphatic carbocycles. The standard InChI is InChI=1S/C14H19ClN2O2/c1-2-7-16(9-11-3-4-11)10-12-8-13(17(18)19)5-6-14(12)15/h5-6,8,11H,2-4,7,9-10H2,1H3. The van der Waals surface area contributed by atoms with Gasteiger partial charge in [-0.15, -0.1) is 0 Å². The molecule has 0 aliphatic heterocycles. The molecule has 0 unspecified atom stereocenters. The van der Waals surface area contributed by atoms with Crippen molar-refractivity contribution in [1.29, 1.82) is 0 Å². The first-order valence-corrected chi connectivity index (χ1v) is 7.13. The van der Waals surface area contributed by atoms with Crippen molar-refractivity contribution in [3.63, 3.8) is 0 Å². The molecule has 0 saturated heterocycles. The predicted octanol–water partition coefficient (Wildman–Crippen LogP) is 3.87. The number of non-ortho nitro benzene ring substituents is 1.